The molecule has 0 radical (unpaired) electrons. The number of ether oxygens (including phenoxy) is 3. The molecule has 0 aromatic heterocycles. The van der Waals surface area contributed by atoms with Crippen LogP contribution in [0.2, 0.25) is 0 Å². The lowest BCUT2D eigenvalue weighted by atomic mass is 10.1. The summed E-state index contributed by atoms with van der Waals surface area (Å²) in [7, 11) is 1.33. The third-order valence-corrected chi connectivity index (χ3v) is 3.35. The molecule has 0 heterocycles. The number of rotatable bonds is 6. The molecular formula is C20H18O7. The average Bonchev–Trinajstić information content (AvgIpc) is 2.59. The van der Waals surface area contributed by atoms with Crippen LogP contribution in [0, 0.1) is 0 Å². The highest BCUT2D eigenvalue weighted by atomic mass is 16.5. The van der Waals surface area contributed by atoms with Gasteiger partial charge in [0.2, 0.25) is 0 Å². The Balaban J connectivity index is 2.23. The molecule has 0 saturated heterocycles. The van der Waals surface area contributed by atoms with Crippen molar-refractivity contribution in [1.82, 2.24) is 0 Å². The van der Waals surface area contributed by atoms with Crippen LogP contribution in [0.5, 0.6) is 23.0 Å². The number of allylic oxidation sites excluding steroid dienone is 1. The van der Waals surface area contributed by atoms with E-state index in [4.69, 9.17) is 14.2 Å². The smallest absolute Gasteiger partial charge is 0.308 e. The van der Waals surface area contributed by atoms with Gasteiger partial charge in [0.1, 0.15) is 28.6 Å². The zero-order valence-corrected chi connectivity index (χ0v) is 15.0. The normalized spacial score (nSPS) is 10.5. The molecule has 2 rings (SSSR count). The monoisotopic (exact) mass is 370 g/mol. The number of hydrogen-bond donors (Lipinski definition) is 1. The number of aromatic hydroxyl groups is 1. The molecule has 2 aromatic rings. The van der Waals surface area contributed by atoms with E-state index in [-0.39, 0.29) is 22.8 Å². The number of hydrogen-bond acceptors (Lipinski definition) is 7. The highest BCUT2D eigenvalue weighted by Crippen LogP contribution is 2.34. The molecule has 0 unspecified atom stereocenters. The summed E-state index contributed by atoms with van der Waals surface area (Å²) in [6.45, 7) is 2.52. The van der Waals surface area contributed by atoms with Crippen LogP contribution in [0.4, 0.5) is 0 Å². The van der Waals surface area contributed by atoms with Gasteiger partial charge < -0.3 is 19.3 Å². The van der Waals surface area contributed by atoms with Crippen LogP contribution in [0.25, 0.3) is 6.08 Å². The second kappa shape index (κ2) is 8.66. The molecule has 0 amide bonds. The predicted molar refractivity (Wildman–Crippen MR) is 97.1 cm³/mol. The summed E-state index contributed by atoms with van der Waals surface area (Å²) < 4.78 is 14.9. The Hall–Kier alpha value is -3.61. The SMILES string of the molecule is COc1cc(OC(C)=O)cc(O)c1C(=O)/C=C/c1ccc(OC(C)=O)cc1. The van der Waals surface area contributed by atoms with Crippen molar-refractivity contribution in [2.24, 2.45) is 0 Å². The van der Waals surface area contributed by atoms with Crippen LogP contribution in [0.15, 0.2) is 42.5 Å². The summed E-state index contributed by atoms with van der Waals surface area (Å²) in [5, 5.41) is 10.1. The van der Waals surface area contributed by atoms with E-state index in [1.54, 1.807) is 30.3 Å². The molecule has 7 nitrogen and oxygen atoms in total. The molecule has 0 saturated carbocycles. The summed E-state index contributed by atoms with van der Waals surface area (Å²) >= 11 is 0. The molecule has 7 heteroatoms. The molecule has 0 atom stereocenters. The van der Waals surface area contributed by atoms with Gasteiger partial charge in [-0.1, -0.05) is 18.2 Å². The molecule has 1 N–H and O–H groups in total. The van der Waals surface area contributed by atoms with Crippen molar-refractivity contribution in [2.45, 2.75) is 13.8 Å². The van der Waals surface area contributed by atoms with Gasteiger partial charge in [0, 0.05) is 26.0 Å². The molecule has 2 aromatic carbocycles. The second-order valence-corrected chi connectivity index (χ2v) is 5.47. The topological polar surface area (TPSA) is 99.1 Å². The Morgan fingerprint density at radius 1 is 0.926 bits per heavy atom. The number of esters is 2. The molecule has 0 fully saturated rings. The lowest BCUT2D eigenvalue weighted by molar-refractivity contribution is -0.132. The first kappa shape index (κ1) is 19.7. The van der Waals surface area contributed by atoms with Crippen LogP contribution in [-0.4, -0.2) is 29.9 Å². The van der Waals surface area contributed by atoms with Crippen LogP contribution < -0.4 is 14.2 Å². The van der Waals surface area contributed by atoms with Crippen LogP contribution >= 0.6 is 0 Å². The van der Waals surface area contributed by atoms with Gasteiger partial charge in [0.25, 0.3) is 0 Å². The minimum Gasteiger partial charge on any atom is -0.507 e. The van der Waals surface area contributed by atoms with Gasteiger partial charge in [-0.25, -0.2) is 0 Å². The van der Waals surface area contributed by atoms with E-state index in [1.165, 1.54) is 39.2 Å². The summed E-state index contributed by atoms with van der Waals surface area (Å²) in [6.07, 6.45) is 2.81. The summed E-state index contributed by atoms with van der Waals surface area (Å²) in [4.78, 5) is 34.4. The number of methoxy groups -OCH3 is 1. The first-order valence-electron chi connectivity index (χ1n) is 7.90. The fraction of sp³-hybridized carbons (Fsp3) is 0.150. The van der Waals surface area contributed by atoms with Crippen molar-refractivity contribution in [3.8, 4) is 23.0 Å². The maximum atomic E-state index is 12.5. The molecule has 0 spiro atoms. The Kier molecular flexibility index (Phi) is 6.32. The fourth-order valence-electron chi connectivity index (χ4n) is 2.28. The van der Waals surface area contributed by atoms with Crippen LogP contribution in [-0.2, 0) is 9.59 Å². The van der Waals surface area contributed by atoms with Crippen molar-refractivity contribution < 1.29 is 33.7 Å². The molecule has 0 bridgehead atoms. The van der Waals surface area contributed by atoms with E-state index in [2.05, 4.69) is 0 Å². The molecule has 0 aliphatic carbocycles. The third-order valence-electron chi connectivity index (χ3n) is 3.35. The molecule has 0 aliphatic rings. The van der Waals surface area contributed by atoms with Gasteiger partial charge in [-0.15, -0.1) is 0 Å². The largest absolute Gasteiger partial charge is 0.507 e. The van der Waals surface area contributed by atoms with E-state index in [1.807, 2.05) is 0 Å². The van der Waals surface area contributed by atoms with Gasteiger partial charge >= 0.3 is 11.9 Å². The molecule has 140 valence electrons. The molecular weight excluding hydrogens is 352 g/mol. The van der Waals surface area contributed by atoms with Gasteiger partial charge in [-0.2, -0.15) is 0 Å². The Morgan fingerprint density at radius 3 is 2.07 bits per heavy atom. The minimum absolute atomic E-state index is 0.0545. The number of phenolic OH excluding ortho intramolecular Hbond substituents is 1. The lowest BCUT2D eigenvalue weighted by Gasteiger charge is -2.10. The van der Waals surface area contributed by atoms with Crippen molar-refractivity contribution >= 4 is 23.8 Å². The zero-order chi connectivity index (χ0) is 20.0. The number of benzene rings is 2. The first-order valence-corrected chi connectivity index (χ1v) is 7.90. The van der Waals surface area contributed by atoms with Gasteiger partial charge in [0.05, 0.1) is 7.11 Å². The number of phenols is 1. The van der Waals surface area contributed by atoms with Crippen LogP contribution in [0.3, 0.4) is 0 Å². The van der Waals surface area contributed by atoms with Crippen LogP contribution in [0.1, 0.15) is 29.8 Å². The van der Waals surface area contributed by atoms with E-state index < -0.39 is 17.7 Å². The van der Waals surface area contributed by atoms with Crippen molar-refractivity contribution in [3.63, 3.8) is 0 Å². The highest BCUT2D eigenvalue weighted by molar-refractivity contribution is 6.10. The summed E-state index contributed by atoms with van der Waals surface area (Å²) in [5.74, 6) is -1.31. The number of ketones is 1. The number of carbonyl (C=O) groups excluding carboxylic acids is 3. The second-order valence-electron chi connectivity index (χ2n) is 5.47. The quantitative estimate of drug-likeness (QED) is 0.361. The van der Waals surface area contributed by atoms with Crippen molar-refractivity contribution in [1.29, 1.82) is 0 Å². The van der Waals surface area contributed by atoms with Gasteiger partial charge in [0.15, 0.2) is 5.78 Å². The van der Waals surface area contributed by atoms with Crippen molar-refractivity contribution in [3.05, 3.63) is 53.6 Å². The third kappa shape index (κ3) is 5.43. The van der Waals surface area contributed by atoms with E-state index >= 15 is 0 Å². The average molecular weight is 370 g/mol. The van der Waals surface area contributed by atoms with Crippen molar-refractivity contribution in [2.75, 3.05) is 7.11 Å². The Morgan fingerprint density at radius 2 is 1.52 bits per heavy atom. The summed E-state index contributed by atoms with van der Waals surface area (Å²) in [6, 6.07) is 9.04. The van der Waals surface area contributed by atoms with Gasteiger partial charge in [-0.05, 0) is 23.8 Å². The zero-order valence-electron chi connectivity index (χ0n) is 15.0. The first-order chi connectivity index (χ1) is 12.8. The standard InChI is InChI=1S/C20H18O7/c1-12(21)26-15-7-4-14(5-8-15)6-9-17(23)20-18(24)10-16(27-13(2)22)11-19(20)25-3/h4-11,24H,1-3H3/b9-6+. The van der Waals surface area contributed by atoms with E-state index in [0.29, 0.717) is 11.3 Å². The maximum absolute atomic E-state index is 12.5. The molecule has 0 aliphatic heterocycles. The predicted octanol–water partition coefficient (Wildman–Crippen LogP) is 3.15. The molecule has 27 heavy (non-hydrogen) atoms. The van der Waals surface area contributed by atoms with Gasteiger partial charge in [-0.3, -0.25) is 14.4 Å². The lowest BCUT2D eigenvalue weighted by Crippen LogP contribution is -2.04. The Labute approximate surface area is 155 Å². The highest BCUT2D eigenvalue weighted by Gasteiger charge is 2.18. The van der Waals surface area contributed by atoms with E-state index in [0.717, 1.165) is 0 Å². The minimum atomic E-state index is -0.562. The fourth-order valence-corrected chi connectivity index (χ4v) is 2.28. The Bertz CT molecular complexity index is 895. The number of carbonyl (C=O) groups is 3. The maximum Gasteiger partial charge on any atom is 0.308 e. The summed E-state index contributed by atoms with van der Waals surface area (Å²) in [5.41, 5.74) is 0.635. The van der Waals surface area contributed by atoms with E-state index in [9.17, 15) is 19.5 Å².